The lowest BCUT2D eigenvalue weighted by molar-refractivity contribution is -0.126. The summed E-state index contributed by atoms with van der Waals surface area (Å²) in [7, 11) is 0. The van der Waals surface area contributed by atoms with Crippen molar-refractivity contribution in [3.63, 3.8) is 0 Å². The first-order chi connectivity index (χ1) is 13.4. The zero-order chi connectivity index (χ0) is 19.8. The summed E-state index contributed by atoms with van der Waals surface area (Å²) in [6, 6.07) is 5.60. The van der Waals surface area contributed by atoms with Crippen molar-refractivity contribution in [1.29, 1.82) is 0 Å². The van der Waals surface area contributed by atoms with Crippen molar-refractivity contribution < 1.29 is 9.59 Å². The van der Waals surface area contributed by atoms with Gasteiger partial charge in [-0.1, -0.05) is 12.5 Å². The number of aromatic nitrogens is 3. The highest BCUT2D eigenvalue weighted by molar-refractivity contribution is 5.96. The van der Waals surface area contributed by atoms with Crippen molar-refractivity contribution in [3.05, 3.63) is 47.7 Å². The van der Waals surface area contributed by atoms with E-state index in [0.717, 1.165) is 37.8 Å². The molecule has 28 heavy (non-hydrogen) atoms. The molecule has 2 atom stereocenters. The van der Waals surface area contributed by atoms with Gasteiger partial charge in [-0.05, 0) is 58.1 Å². The lowest BCUT2D eigenvalue weighted by Crippen LogP contribution is -2.51. The summed E-state index contributed by atoms with van der Waals surface area (Å²) in [6.45, 7) is 3.71. The summed E-state index contributed by atoms with van der Waals surface area (Å²) in [6.07, 6.45) is 7.97. The number of fused-ring (bicyclic) bond motifs is 2. The molecular weight excluding hydrogens is 354 g/mol. The molecule has 0 spiro atoms. The number of anilines is 1. The first-order valence-corrected chi connectivity index (χ1v) is 9.76. The molecule has 4 rings (SSSR count). The topological polar surface area (TPSA) is 96.9 Å². The Morgan fingerprint density at radius 2 is 1.86 bits per heavy atom. The first-order valence-electron chi connectivity index (χ1n) is 9.76. The Morgan fingerprint density at radius 3 is 2.64 bits per heavy atom. The molecule has 2 fully saturated rings. The number of aryl methyl sites for hydroxylation is 2. The highest BCUT2D eigenvalue weighted by Crippen LogP contribution is 2.54. The number of nitrogens with zero attached hydrogens (tertiary/aromatic N) is 3. The Morgan fingerprint density at radius 1 is 1.00 bits per heavy atom. The van der Waals surface area contributed by atoms with Crippen molar-refractivity contribution in [1.82, 2.24) is 20.3 Å². The smallest absolute Gasteiger partial charge is 0.271 e. The van der Waals surface area contributed by atoms with E-state index in [4.69, 9.17) is 0 Å². The van der Waals surface area contributed by atoms with E-state index < -0.39 is 5.41 Å². The molecule has 2 aliphatic carbocycles. The number of hydrogen-bond acceptors (Lipinski definition) is 5. The number of carbonyl (C=O) groups is 2. The fourth-order valence-corrected chi connectivity index (χ4v) is 4.71. The van der Waals surface area contributed by atoms with E-state index in [1.807, 2.05) is 32.0 Å². The second-order valence-electron chi connectivity index (χ2n) is 8.21. The van der Waals surface area contributed by atoms with Crippen LogP contribution in [0.15, 0.2) is 30.6 Å². The Kier molecular flexibility index (Phi) is 4.61. The van der Waals surface area contributed by atoms with Crippen LogP contribution in [0, 0.1) is 19.3 Å². The third-order valence-corrected chi connectivity index (χ3v) is 6.05. The monoisotopic (exact) mass is 379 g/mol. The molecule has 2 aliphatic rings. The lowest BCUT2D eigenvalue weighted by atomic mass is 9.72. The maximum Gasteiger partial charge on any atom is 0.271 e. The standard InChI is InChI=1S/C21H25N5O2/c1-14-5-3-6-17(24-14)25-19(28)20-7-4-8-21(13-20,10-9-20)26-18(27)16-12-22-11-15(2)23-16/h3,5-6,11-12H,4,7-10,13H2,1-2H3,(H,26,27)(H,24,25,28). The Hall–Kier alpha value is -2.83. The van der Waals surface area contributed by atoms with Crippen molar-refractivity contribution in [2.45, 2.75) is 57.9 Å². The van der Waals surface area contributed by atoms with E-state index in [0.29, 0.717) is 23.6 Å². The molecule has 2 aromatic heterocycles. The summed E-state index contributed by atoms with van der Waals surface area (Å²) in [5, 5.41) is 6.18. The number of pyridine rings is 1. The predicted molar refractivity (Wildman–Crippen MR) is 105 cm³/mol. The van der Waals surface area contributed by atoms with E-state index in [1.165, 1.54) is 6.20 Å². The highest BCUT2D eigenvalue weighted by atomic mass is 16.2. The molecule has 2 aromatic rings. The molecule has 2 heterocycles. The Balaban J connectivity index is 1.49. The molecular formula is C21H25N5O2. The molecule has 7 nitrogen and oxygen atoms in total. The minimum atomic E-state index is -0.449. The second kappa shape index (κ2) is 6.96. The SMILES string of the molecule is Cc1cccc(NC(=O)C23CCCC(NC(=O)c4cncc(C)n4)(CC2)C3)n1. The molecule has 2 saturated carbocycles. The van der Waals surface area contributed by atoms with Gasteiger partial charge in [-0.15, -0.1) is 0 Å². The summed E-state index contributed by atoms with van der Waals surface area (Å²) < 4.78 is 0. The Bertz CT molecular complexity index is 931. The maximum atomic E-state index is 13.1. The highest BCUT2D eigenvalue weighted by Gasteiger charge is 2.55. The van der Waals surface area contributed by atoms with Gasteiger partial charge in [0.1, 0.15) is 11.5 Å². The fraction of sp³-hybridized carbons (Fsp3) is 0.476. The largest absolute Gasteiger partial charge is 0.345 e. The first kappa shape index (κ1) is 18.5. The average Bonchev–Trinajstić information content (AvgIpc) is 2.93. The normalized spacial score (nSPS) is 25.9. The molecule has 0 radical (unpaired) electrons. The van der Waals surface area contributed by atoms with E-state index in [2.05, 4.69) is 25.6 Å². The van der Waals surface area contributed by atoms with Crippen LogP contribution in [0.3, 0.4) is 0 Å². The van der Waals surface area contributed by atoms with E-state index in [-0.39, 0.29) is 17.4 Å². The van der Waals surface area contributed by atoms with Crippen LogP contribution >= 0.6 is 0 Å². The van der Waals surface area contributed by atoms with Crippen molar-refractivity contribution in [2.75, 3.05) is 5.32 Å². The van der Waals surface area contributed by atoms with Gasteiger partial charge in [-0.3, -0.25) is 14.6 Å². The van der Waals surface area contributed by atoms with Crippen molar-refractivity contribution in [3.8, 4) is 0 Å². The number of carbonyl (C=O) groups excluding carboxylic acids is 2. The minimum Gasteiger partial charge on any atom is -0.345 e. The summed E-state index contributed by atoms with van der Waals surface area (Å²) >= 11 is 0. The molecule has 0 saturated heterocycles. The van der Waals surface area contributed by atoms with Gasteiger partial charge in [-0.25, -0.2) is 9.97 Å². The quantitative estimate of drug-likeness (QED) is 0.851. The minimum absolute atomic E-state index is 0.0109. The second-order valence-corrected chi connectivity index (χ2v) is 8.21. The van der Waals surface area contributed by atoms with Gasteiger partial charge in [0, 0.05) is 17.4 Å². The van der Waals surface area contributed by atoms with E-state index in [1.54, 1.807) is 6.20 Å². The van der Waals surface area contributed by atoms with Gasteiger partial charge < -0.3 is 10.6 Å². The molecule has 0 aliphatic heterocycles. The molecule has 7 heteroatoms. The van der Waals surface area contributed by atoms with Gasteiger partial charge in [0.25, 0.3) is 5.91 Å². The van der Waals surface area contributed by atoms with Gasteiger partial charge in [0.2, 0.25) is 5.91 Å². The molecule has 2 amide bonds. The zero-order valence-electron chi connectivity index (χ0n) is 16.3. The van der Waals surface area contributed by atoms with Crippen molar-refractivity contribution >= 4 is 17.6 Å². The van der Waals surface area contributed by atoms with Crippen LogP contribution in [0.2, 0.25) is 0 Å². The van der Waals surface area contributed by atoms with Gasteiger partial charge in [-0.2, -0.15) is 0 Å². The number of hydrogen-bond donors (Lipinski definition) is 2. The van der Waals surface area contributed by atoms with E-state index >= 15 is 0 Å². The van der Waals surface area contributed by atoms with Crippen LogP contribution in [-0.4, -0.2) is 32.3 Å². The van der Waals surface area contributed by atoms with Crippen LogP contribution in [0.25, 0.3) is 0 Å². The van der Waals surface area contributed by atoms with Gasteiger partial charge >= 0.3 is 0 Å². The third-order valence-electron chi connectivity index (χ3n) is 6.05. The maximum absolute atomic E-state index is 13.1. The summed E-state index contributed by atoms with van der Waals surface area (Å²) in [5.41, 5.74) is 1.10. The van der Waals surface area contributed by atoms with Gasteiger partial charge in [0.15, 0.2) is 0 Å². The predicted octanol–water partition coefficient (Wildman–Crippen LogP) is 2.95. The lowest BCUT2D eigenvalue weighted by Gasteiger charge is -2.39. The average molecular weight is 379 g/mol. The van der Waals surface area contributed by atoms with E-state index in [9.17, 15) is 9.59 Å². The van der Waals surface area contributed by atoms with Gasteiger partial charge in [0.05, 0.1) is 17.3 Å². The van der Waals surface area contributed by atoms with Crippen molar-refractivity contribution in [2.24, 2.45) is 5.41 Å². The number of nitrogens with one attached hydrogen (secondary N) is 2. The molecule has 2 N–H and O–H groups in total. The number of amides is 2. The molecule has 2 bridgehead atoms. The van der Waals surface area contributed by atoms with Crippen LogP contribution in [0.5, 0.6) is 0 Å². The van der Waals surface area contributed by atoms with Crippen LogP contribution in [0.4, 0.5) is 5.82 Å². The number of rotatable bonds is 4. The molecule has 0 aromatic carbocycles. The fourth-order valence-electron chi connectivity index (χ4n) is 4.71. The Labute approximate surface area is 164 Å². The van der Waals surface area contributed by atoms with Crippen LogP contribution in [-0.2, 0) is 4.79 Å². The van der Waals surface area contributed by atoms with Crippen LogP contribution < -0.4 is 10.6 Å². The third kappa shape index (κ3) is 3.48. The summed E-state index contributed by atoms with van der Waals surface area (Å²) in [4.78, 5) is 38.6. The zero-order valence-corrected chi connectivity index (χ0v) is 16.3. The molecule has 2 unspecified atom stereocenters. The summed E-state index contributed by atoms with van der Waals surface area (Å²) in [5.74, 6) is 0.382. The van der Waals surface area contributed by atoms with Crippen LogP contribution in [0.1, 0.15) is 60.4 Å². The molecule has 146 valence electrons.